The number of methoxy groups -OCH3 is 1. The van der Waals surface area contributed by atoms with Crippen LogP contribution in [0.4, 0.5) is 0 Å². The highest BCUT2D eigenvalue weighted by Crippen LogP contribution is 2.14. The average Bonchev–Trinajstić information content (AvgIpc) is 2.86. The third kappa shape index (κ3) is 23.6. The van der Waals surface area contributed by atoms with Crippen molar-refractivity contribution in [1.82, 2.24) is 10.3 Å². The standard InChI is InChI=1S/C18H36O2.C12H18N2O/c1-2-3-4-5-6-7-8-9-10-11-12-13-14-15-16-17-18(19)20;1-10(13-2)5-4-6-11-7-12(15-3)9-14-8-11/h2-17H2,1H3,(H,19,20);4,6-10,13H,5H2,1-3H3/b;6-4+/t;10-/m.0/s1. The molecule has 202 valence electrons. The number of unbranched alkanes of at least 4 members (excludes halogenated alkanes) is 14. The highest BCUT2D eigenvalue weighted by Gasteiger charge is 1.97. The van der Waals surface area contributed by atoms with Gasteiger partial charge in [-0.3, -0.25) is 9.78 Å². The van der Waals surface area contributed by atoms with Crippen molar-refractivity contribution >= 4 is 12.0 Å². The van der Waals surface area contributed by atoms with Gasteiger partial charge in [0.15, 0.2) is 0 Å². The van der Waals surface area contributed by atoms with Crippen LogP contribution in [0.5, 0.6) is 5.75 Å². The van der Waals surface area contributed by atoms with Gasteiger partial charge in [-0.15, -0.1) is 0 Å². The van der Waals surface area contributed by atoms with Crippen LogP contribution in [0.1, 0.15) is 129 Å². The Kier molecular flexibility index (Phi) is 23.9. The van der Waals surface area contributed by atoms with Gasteiger partial charge in [-0.2, -0.15) is 0 Å². The highest BCUT2D eigenvalue weighted by molar-refractivity contribution is 5.66. The van der Waals surface area contributed by atoms with Gasteiger partial charge >= 0.3 is 5.97 Å². The summed E-state index contributed by atoms with van der Waals surface area (Å²) >= 11 is 0. The van der Waals surface area contributed by atoms with Crippen LogP contribution in [0, 0.1) is 0 Å². The zero-order valence-electron chi connectivity index (χ0n) is 23.2. The zero-order chi connectivity index (χ0) is 26.0. The molecule has 1 aromatic rings. The molecule has 0 fully saturated rings. The number of nitrogens with one attached hydrogen (secondary N) is 1. The van der Waals surface area contributed by atoms with Crippen LogP contribution in [0.2, 0.25) is 0 Å². The first kappa shape index (κ1) is 33.1. The van der Waals surface area contributed by atoms with E-state index in [0.717, 1.165) is 30.6 Å². The van der Waals surface area contributed by atoms with Gasteiger partial charge in [0.25, 0.3) is 0 Å². The molecule has 0 saturated heterocycles. The van der Waals surface area contributed by atoms with Crippen molar-refractivity contribution in [3.8, 4) is 5.75 Å². The summed E-state index contributed by atoms with van der Waals surface area (Å²) in [5.41, 5.74) is 1.07. The number of carbonyl (C=O) groups is 1. The minimum absolute atomic E-state index is 0.345. The van der Waals surface area contributed by atoms with Crippen LogP contribution < -0.4 is 10.1 Å². The van der Waals surface area contributed by atoms with E-state index < -0.39 is 5.97 Å². The maximum atomic E-state index is 10.3. The second-order valence-electron chi connectivity index (χ2n) is 9.58. The van der Waals surface area contributed by atoms with Crippen LogP contribution in [-0.2, 0) is 4.79 Å². The average molecular weight is 491 g/mol. The van der Waals surface area contributed by atoms with Crippen molar-refractivity contribution in [3.63, 3.8) is 0 Å². The number of carboxylic acids is 1. The van der Waals surface area contributed by atoms with Crippen LogP contribution in [-0.4, -0.2) is 36.3 Å². The first-order chi connectivity index (χ1) is 17.0. The summed E-state index contributed by atoms with van der Waals surface area (Å²) in [6.45, 7) is 4.42. The van der Waals surface area contributed by atoms with Crippen molar-refractivity contribution < 1.29 is 14.6 Å². The van der Waals surface area contributed by atoms with Gasteiger partial charge < -0.3 is 15.2 Å². The Hall–Kier alpha value is -1.88. The molecular weight excluding hydrogens is 436 g/mol. The molecule has 5 heteroatoms. The van der Waals surface area contributed by atoms with Gasteiger partial charge in [-0.1, -0.05) is 109 Å². The molecule has 0 aromatic carbocycles. The van der Waals surface area contributed by atoms with Crippen molar-refractivity contribution in [3.05, 3.63) is 30.1 Å². The molecular formula is C30H54N2O3. The Labute approximate surface area is 216 Å². The number of rotatable bonds is 21. The molecule has 5 nitrogen and oxygen atoms in total. The Morgan fingerprint density at radius 1 is 0.943 bits per heavy atom. The molecule has 0 aliphatic heterocycles. The maximum Gasteiger partial charge on any atom is 0.303 e. The Morgan fingerprint density at radius 3 is 1.91 bits per heavy atom. The predicted octanol–water partition coefficient (Wildman–Crippen LogP) is 8.43. The lowest BCUT2D eigenvalue weighted by Gasteiger charge is -2.05. The minimum Gasteiger partial charge on any atom is -0.495 e. The Balaban J connectivity index is 0.000000686. The fourth-order valence-electron chi connectivity index (χ4n) is 3.81. The van der Waals surface area contributed by atoms with Gasteiger partial charge in [0.2, 0.25) is 0 Å². The van der Waals surface area contributed by atoms with E-state index in [1.807, 2.05) is 19.3 Å². The normalized spacial score (nSPS) is 11.8. The molecule has 1 atom stereocenters. The summed E-state index contributed by atoms with van der Waals surface area (Å²) in [5, 5.41) is 11.7. The smallest absolute Gasteiger partial charge is 0.303 e. The molecule has 2 N–H and O–H groups in total. The summed E-state index contributed by atoms with van der Waals surface area (Å²) in [6, 6.07) is 2.47. The van der Waals surface area contributed by atoms with E-state index in [4.69, 9.17) is 9.84 Å². The van der Waals surface area contributed by atoms with E-state index in [1.165, 1.54) is 83.5 Å². The first-order valence-corrected chi connectivity index (χ1v) is 14.1. The predicted molar refractivity (Wildman–Crippen MR) is 150 cm³/mol. The fraction of sp³-hybridized carbons (Fsp3) is 0.733. The summed E-state index contributed by atoms with van der Waals surface area (Å²) in [5.74, 6) is 0.138. The molecule has 0 radical (unpaired) electrons. The summed E-state index contributed by atoms with van der Waals surface area (Å²) in [4.78, 5) is 14.4. The van der Waals surface area contributed by atoms with Gasteiger partial charge in [-0.05, 0) is 38.4 Å². The Morgan fingerprint density at radius 2 is 1.46 bits per heavy atom. The Bertz CT molecular complexity index is 634. The van der Waals surface area contributed by atoms with Gasteiger partial charge in [0.05, 0.1) is 13.3 Å². The number of ether oxygens (including phenoxy) is 1. The lowest BCUT2D eigenvalue weighted by molar-refractivity contribution is -0.137. The molecule has 1 aromatic heterocycles. The molecule has 35 heavy (non-hydrogen) atoms. The summed E-state index contributed by atoms with van der Waals surface area (Å²) in [6.07, 6.45) is 28.9. The molecule has 0 unspecified atom stereocenters. The molecule has 0 aliphatic rings. The SMILES string of the molecule is CCCCCCCCCCCCCCCCCC(=O)O.CN[C@@H](C)C/C=C/c1cncc(OC)c1. The monoisotopic (exact) mass is 490 g/mol. The minimum atomic E-state index is -0.653. The molecule has 1 heterocycles. The third-order valence-corrected chi connectivity index (χ3v) is 6.26. The topological polar surface area (TPSA) is 71.5 Å². The molecule has 0 spiro atoms. The molecule has 0 saturated carbocycles. The quantitative estimate of drug-likeness (QED) is 0.169. The number of hydrogen-bond acceptors (Lipinski definition) is 4. The lowest BCUT2D eigenvalue weighted by atomic mass is 10.0. The number of hydrogen-bond donors (Lipinski definition) is 2. The van der Waals surface area contributed by atoms with Gasteiger partial charge in [-0.25, -0.2) is 0 Å². The van der Waals surface area contributed by atoms with Crippen LogP contribution in [0.15, 0.2) is 24.5 Å². The van der Waals surface area contributed by atoms with Crippen molar-refractivity contribution in [2.45, 2.75) is 129 Å². The number of carboxylic acid groups (broad SMARTS) is 1. The molecule has 0 amide bonds. The molecule has 0 aliphatic carbocycles. The molecule has 0 bridgehead atoms. The van der Waals surface area contributed by atoms with Gasteiger partial charge in [0, 0.05) is 18.7 Å². The van der Waals surface area contributed by atoms with E-state index >= 15 is 0 Å². The van der Waals surface area contributed by atoms with E-state index in [2.05, 4.69) is 36.3 Å². The summed E-state index contributed by atoms with van der Waals surface area (Å²) < 4.78 is 5.09. The second kappa shape index (κ2) is 25.2. The number of pyridine rings is 1. The number of aliphatic carboxylic acids is 1. The first-order valence-electron chi connectivity index (χ1n) is 14.1. The largest absolute Gasteiger partial charge is 0.495 e. The van der Waals surface area contributed by atoms with Crippen LogP contribution >= 0.6 is 0 Å². The van der Waals surface area contributed by atoms with E-state index in [1.54, 1.807) is 13.3 Å². The van der Waals surface area contributed by atoms with Gasteiger partial charge in [0.1, 0.15) is 5.75 Å². The van der Waals surface area contributed by atoms with Crippen molar-refractivity contribution in [2.24, 2.45) is 0 Å². The molecule has 1 rings (SSSR count). The van der Waals surface area contributed by atoms with Crippen LogP contribution in [0.3, 0.4) is 0 Å². The van der Waals surface area contributed by atoms with Crippen molar-refractivity contribution in [2.75, 3.05) is 14.2 Å². The van der Waals surface area contributed by atoms with Crippen LogP contribution in [0.25, 0.3) is 6.08 Å². The van der Waals surface area contributed by atoms with E-state index in [0.29, 0.717) is 12.5 Å². The lowest BCUT2D eigenvalue weighted by Crippen LogP contribution is -2.19. The maximum absolute atomic E-state index is 10.3. The van der Waals surface area contributed by atoms with Crippen molar-refractivity contribution in [1.29, 1.82) is 0 Å². The second-order valence-corrected chi connectivity index (χ2v) is 9.58. The van der Waals surface area contributed by atoms with E-state index in [-0.39, 0.29) is 0 Å². The fourth-order valence-corrected chi connectivity index (χ4v) is 3.81. The van der Waals surface area contributed by atoms with E-state index in [9.17, 15) is 4.79 Å². The number of nitrogens with zero attached hydrogens (tertiary/aromatic N) is 1. The number of aromatic nitrogens is 1. The zero-order valence-corrected chi connectivity index (χ0v) is 23.2. The highest BCUT2D eigenvalue weighted by atomic mass is 16.5. The third-order valence-electron chi connectivity index (χ3n) is 6.26. The summed E-state index contributed by atoms with van der Waals surface area (Å²) in [7, 11) is 3.61.